The lowest BCUT2D eigenvalue weighted by atomic mass is 10.2. The van der Waals surface area contributed by atoms with Gasteiger partial charge in [0, 0.05) is 50.6 Å². The number of rotatable bonds is 6. The Balaban J connectivity index is 1.27. The second kappa shape index (κ2) is 10.2. The van der Waals surface area contributed by atoms with E-state index in [2.05, 4.69) is 10.2 Å². The normalized spacial score (nSPS) is 18.3. The summed E-state index contributed by atoms with van der Waals surface area (Å²) in [6, 6.07) is 13.3. The molecule has 2 heterocycles. The Labute approximate surface area is 196 Å². The second-order valence-corrected chi connectivity index (χ2v) is 10.6. The third-order valence-electron chi connectivity index (χ3n) is 6.17. The molecule has 33 heavy (non-hydrogen) atoms. The molecule has 1 amide bonds. The van der Waals surface area contributed by atoms with E-state index in [0.717, 1.165) is 48.8 Å². The molecule has 2 aliphatic rings. The van der Waals surface area contributed by atoms with Gasteiger partial charge in [0.2, 0.25) is 15.9 Å². The zero-order chi connectivity index (χ0) is 23.4. The predicted octanol–water partition coefficient (Wildman–Crippen LogP) is 2.09. The summed E-state index contributed by atoms with van der Waals surface area (Å²) >= 11 is 0. The summed E-state index contributed by atoms with van der Waals surface area (Å²) in [7, 11) is -3.53. The lowest BCUT2D eigenvalue weighted by molar-refractivity contribution is -0.117. The third-order valence-corrected chi connectivity index (χ3v) is 8.23. The number of ether oxygens (including phenoxy) is 1. The molecule has 2 aliphatic heterocycles. The van der Waals surface area contributed by atoms with Gasteiger partial charge in [-0.1, -0.05) is 17.7 Å². The van der Waals surface area contributed by atoms with E-state index in [1.807, 2.05) is 55.1 Å². The first-order valence-corrected chi connectivity index (χ1v) is 12.8. The van der Waals surface area contributed by atoms with Gasteiger partial charge < -0.3 is 15.0 Å². The molecule has 0 bridgehead atoms. The number of morpholine rings is 1. The number of hydrogen-bond acceptors (Lipinski definition) is 6. The fraction of sp³-hybridized carbons (Fsp3) is 0.458. The van der Waals surface area contributed by atoms with Gasteiger partial charge in [-0.15, -0.1) is 0 Å². The summed E-state index contributed by atoms with van der Waals surface area (Å²) in [4.78, 5) is 17.1. The highest BCUT2D eigenvalue weighted by atomic mass is 32.2. The molecule has 2 aromatic rings. The SMILES string of the molecule is Cc1ccc(S(=O)(=O)N2CCN(CC(=O)Nc3ccc(N4CCOCC4)cc3)CC2)c(C)c1. The van der Waals surface area contributed by atoms with Gasteiger partial charge in [-0.05, 0) is 49.7 Å². The molecular weight excluding hydrogens is 440 g/mol. The minimum absolute atomic E-state index is 0.0974. The molecule has 2 saturated heterocycles. The van der Waals surface area contributed by atoms with Crippen molar-refractivity contribution in [1.82, 2.24) is 9.21 Å². The summed E-state index contributed by atoms with van der Waals surface area (Å²) in [6.07, 6.45) is 0. The highest BCUT2D eigenvalue weighted by molar-refractivity contribution is 7.89. The molecule has 0 aromatic heterocycles. The van der Waals surface area contributed by atoms with Crippen molar-refractivity contribution in [3.8, 4) is 0 Å². The van der Waals surface area contributed by atoms with Gasteiger partial charge in [-0.3, -0.25) is 9.69 Å². The molecule has 1 N–H and O–H groups in total. The molecule has 0 saturated carbocycles. The maximum atomic E-state index is 13.0. The van der Waals surface area contributed by atoms with E-state index in [4.69, 9.17) is 4.74 Å². The van der Waals surface area contributed by atoms with Crippen LogP contribution in [0.5, 0.6) is 0 Å². The predicted molar refractivity (Wildman–Crippen MR) is 129 cm³/mol. The van der Waals surface area contributed by atoms with E-state index in [1.54, 1.807) is 6.07 Å². The van der Waals surface area contributed by atoms with Gasteiger partial charge in [0.15, 0.2) is 0 Å². The Morgan fingerprint density at radius 3 is 2.24 bits per heavy atom. The smallest absolute Gasteiger partial charge is 0.243 e. The molecular formula is C24H32N4O4S. The molecule has 2 aromatic carbocycles. The number of carbonyl (C=O) groups is 1. The topological polar surface area (TPSA) is 82.2 Å². The highest BCUT2D eigenvalue weighted by Gasteiger charge is 2.30. The molecule has 8 nitrogen and oxygen atoms in total. The van der Waals surface area contributed by atoms with Crippen molar-refractivity contribution in [2.45, 2.75) is 18.7 Å². The zero-order valence-corrected chi connectivity index (χ0v) is 20.1. The van der Waals surface area contributed by atoms with E-state index in [1.165, 1.54) is 4.31 Å². The molecule has 2 fully saturated rings. The first kappa shape index (κ1) is 23.7. The molecule has 4 rings (SSSR count). The summed E-state index contributed by atoms with van der Waals surface area (Å²) in [6.45, 7) is 9.01. The second-order valence-electron chi connectivity index (χ2n) is 8.64. The van der Waals surface area contributed by atoms with Crippen LogP contribution in [-0.2, 0) is 19.6 Å². The monoisotopic (exact) mass is 472 g/mol. The Morgan fingerprint density at radius 2 is 1.61 bits per heavy atom. The highest BCUT2D eigenvalue weighted by Crippen LogP contribution is 2.22. The standard InChI is InChI=1S/C24H32N4O4S/c1-19-3-8-23(20(2)17-19)33(30,31)28-11-9-26(10-12-28)18-24(29)25-21-4-6-22(7-5-21)27-13-15-32-16-14-27/h3-8,17H,9-16,18H2,1-2H3,(H,25,29). The average Bonchev–Trinajstić information content (AvgIpc) is 2.80. The van der Waals surface area contributed by atoms with E-state index >= 15 is 0 Å². The van der Waals surface area contributed by atoms with Crippen LogP contribution in [0.3, 0.4) is 0 Å². The summed E-state index contributed by atoms with van der Waals surface area (Å²) in [5.41, 5.74) is 3.68. The summed E-state index contributed by atoms with van der Waals surface area (Å²) in [5, 5.41) is 2.94. The van der Waals surface area contributed by atoms with Gasteiger partial charge in [0.05, 0.1) is 24.7 Å². The van der Waals surface area contributed by atoms with Crippen molar-refractivity contribution >= 4 is 27.3 Å². The van der Waals surface area contributed by atoms with Crippen molar-refractivity contribution in [3.63, 3.8) is 0 Å². The van der Waals surface area contributed by atoms with Gasteiger partial charge in [-0.25, -0.2) is 8.42 Å². The van der Waals surface area contributed by atoms with Crippen molar-refractivity contribution < 1.29 is 17.9 Å². The fourth-order valence-electron chi connectivity index (χ4n) is 4.34. The van der Waals surface area contributed by atoms with Gasteiger partial charge in [0.1, 0.15) is 0 Å². The lowest BCUT2D eigenvalue weighted by Gasteiger charge is -2.33. The van der Waals surface area contributed by atoms with E-state index in [-0.39, 0.29) is 12.5 Å². The lowest BCUT2D eigenvalue weighted by Crippen LogP contribution is -2.50. The molecule has 0 spiro atoms. The van der Waals surface area contributed by atoms with E-state index in [0.29, 0.717) is 31.1 Å². The Hall–Kier alpha value is -2.46. The van der Waals surface area contributed by atoms with E-state index < -0.39 is 10.0 Å². The van der Waals surface area contributed by atoms with Crippen LogP contribution < -0.4 is 10.2 Å². The van der Waals surface area contributed by atoms with Gasteiger partial charge in [0.25, 0.3) is 0 Å². The summed E-state index contributed by atoms with van der Waals surface area (Å²) < 4.78 is 33.0. The number of aryl methyl sites for hydroxylation is 2. The minimum Gasteiger partial charge on any atom is -0.378 e. The van der Waals surface area contributed by atoms with Crippen molar-refractivity contribution in [2.24, 2.45) is 0 Å². The fourth-order valence-corrected chi connectivity index (χ4v) is 5.96. The first-order valence-electron chi connectivity index (χ1n) is 11.4. The summed E-state index contributed by atoms with van der Waals surface area (Å²) in [5.74, 6) is -0.0974. The molecule has 0 atom stereocenters. The van der Waals surface area contributed by atoms with Crippen LogP contribution in [0, 0.1) is 13.8 Å². The number of nitrogens with one attached hydrogen (secondary N) is 1. The Morgan fingerprint density at radius 1 is 0.939 bits per heavy atom. The molecule has 0 radical (unpaired) electrons. The van der Waals surface area contributed by atoms with Crippen LogP contribution in [0.4, 0.5) is 11.4 Å². The van der Waals surface area contributed by atoms with Crippen molar-refractivity contribution in [3.05, 3.63) is 53.6 Å². The van der Waals surface area contributed by atoms with Gasteiger partial charge >= 0.3 is 0 Å². The number of piperazine rings is 1. The molecule has 0 aliphatic carbocycles. The number of anilines is 2. The number of hydrogen-bond donors (Lipinski definition) is 1. The maximum absolute atomic E-state index is 13.0. The molecule has 0 unspecified atom stereocenters. The van der Waals surface area contributed by atoms with Crippen LogP contribution in [-0.4, -0.2) is 82.6 Å². The Bertz CT molecular complexity index is 1070. The number of sulfonamides is 1. The number of nitrogens with zero attached hydrogens (tertiary/aromatic N) is 3. The zero-order valence-electron chi connectivity index (χ0n) is 19.3. The van der Waals surface area contributed by atoms with Crippen LogP contribution in [0.2, 0.25) is 0 Å². The van der Waals surface area contributed by atoms with Crippen LogP contribution >= 0.6 is 0 Å². The van der Waals surface area contributed by atoms with Crippen molar-refractivity contribution in [2.75, 3.05) is 69.2 Å². The maximum Gasteiger partial charge on any atom is 0.243 e. The van der Waals surface area contributed by atoms with Gasteiger partial charge in [-0.2, -0.15) is 4.31 Å². The van der Waals surface area contributed by atoms with Crippen LogP contribution in [0.25, 0.3) is 0 Å². The van der Waals surface area contributed by atoms with Crippen molar-refractivity contribution in [1.29, 1.82) is 0 Å². The van der Waals surface area contributed by atoms with E-state index in [9.17, 15) is 13.2 Å². The largest absolute Gasteiger partial charge is 0.378 e. The molecule has 178 valence electrons. The van der Waals surface area contributed by atoms with Crippen LogP contribution in [0.1, 0.15) is 11.1 Å². The number of carbonyl (C=O) groups excluding carboxylic acids is 1. The first-order chi connectivity index (χ1) is 15.8. The third kappa shape index (κ3) is 5.73. The molecule has 9 heteroatoms. The number of benzene rings is 2. The minimum atomic E-state index is -3.53. The average molecular weight is 473 g/mol. The Kier molecular flexibility index (Phi) is 7.33. The van der Waals surface area contributed by atoms with Crippen LogP contribution in [0.15, 0.2) is 47.4 Å². The number of amides is 1. The quantitative estimate of drug-likeness (QED) is 0.693.